The Morgan fingerprint density at radius 2 is 2.21 bits per heavy atom. The fraction of sp³-hybridized carbons (Fsp3) is 0.375. The van der Waals surface area contributed by atoms with E-state index in [4.69, 9.17) is 0 Å². The Kier molecular flexibility index (Phi) is 3.64. The molecule has 1 aliphatic rings. The van der Waals surface area contributed by atoms with Gasteiger partial charge in [0.1, 0.15) is 6.54 Å². The van der Waals surface area contributed by atoms with Crippen molar-refractivity contribution in [3.63, 3.8) is 0 Å². The molecule has 1 saturated heterocycles. The zero-order valence-corrected chi connectivity index (χ0v) is 13.2. The van der Waals surface area contributed by atoms with Gasteiger partial charge in [-0.1, -0.05) is 6.07 Å². The van der Waals surface area contributed by atoms with E-state index in [1.807, 2.05) is 21.7 Å². The minimum Gasteiger partial charge on any atom is -0.339 e. The summed E-state index contributed by atoms with van der Waals surface area (Å²) < 4.78 is 4.72. The lowest BCUT2D eigenvalue weighted by atomic mass is 10.1. The molecule has 0 aromatic carbocycles. The molecule has 0 radical (unpaired) electrons. The molecular weight excluding hydrogens is 308 g/mol. The monoisotopic (exact) mass is 326 g/mol. The molecule has 3 aromatic rings. The summed E-state index contributed by atoms with van der Waals surface area (Å²) in [7, 11) is 0. The van der Waals surface area contributed by atoms with E-state index >= 15 is 0 Å². The number of fused-ring (bicyclic) bond motifs is 1. The Morgan fingerprint density at radius 1 is 1.29 bits per heavy atom. The highest BCUT2D eigenvalue weighted by atomic mass is 16.2. The number of rotatable bonds is 3. The van der Waals surface area contributed by atoms with E-state index in [0.717, 1.165) is 12.8 Å². The smallest absolute Gasteiger partial charge is 0.339 e. The lowest BCUT2D eigenvalue weighted by Gasteiger charge is -2.33. The van der Waals surface area contributed by atoms with Crippen LogP contribution in [0.15, 0.2) is 47.9 Å². The molecule has 1 aliphatic heterocycles. The third-order valence-corrected chi connectivity index (χ3v) is 4.47. The number of pyridine rings is 1. The van der Waals surface area contributed by atoms with E-state index in [2.05, 4.69) is 10.1 Å². The van der Waals surface area contributed by atoms with E-state index in [9.17, 15) is 9.59 Å². The number of hydrogen-bond donors (Lipinski definition) is 0. The van der Waals surface area contributed by atoms with Crippen LogP contribution in [0.3, 0.4) is 0 Å². The van der Waals surface area contributed by atoms with Crippen LogP contribution < -0.4 is 5.69 Å². The number of carbonyl (C=O) groups excluding carboxylic acids is 1. The fourth-order valence-electron chi connectivity index (χ4n) is 3.21. The standard InChI is InChI=1S/C16H18N6O2/c23-15(11-22-16(24)21-8-2-1-5-14(21)18-22)19-7-3-4-13(10-19)20-9-6-17-12-20/h1-2,5-6,8-9,12-13H,3-4,7,10-11H2. The van der Waals surface area contributed by atoms with Crippen LogP contribution in [0.4, 0.5) is 0 Å². The normalized spacial score (nSPS) is 18.2. The molecular formula is C16H18N6O2. The number of nitrogens with zero attached hydrogens (tertiary/aromatic N) is 6. The van der Waals surface area contributed by atoms with Crippen LogP contribution in [0, 0.1) is 0 Å². The molecule has 8 nitrogen and oxygen atoms in total. The maximum absolute atomic E-state index is 12.6. The average Bonchev–Trinajstić information content (AvgIpc) is 3.25. The van der Waals surface area contributed by atoms with Crippen molar-refractivity contribution in [1.29, 1.82) is 0 Å². The minimum absolute atomic E-state index is 0.0306. The lowest BCUT2D eigenvalue weighted by molar-refractivity contribution is -0.133. The van der Waals surface area contributed by atoms with Gasteiger partial charge in [0.15, 0.2) is 5.65 Å². The Bertz CT molecular complexity index is 910. The molecule has 24 heavy (non-hydrogen) atoms. The van der Waals surface area contributed by atoms with E-state index in [-0.39, 0.29) is 24.2 Å². The molecule has 1 unspecified atom stereocenters. The van der Waals surface area contributed by atoms with Gasteiger partial charge in [-0.25, -0.2) is 14.5 Å². The molecule has 124 valence electrons. The van der Waals surface area contributed by atoms with Crippen LogP contribution in [0.2, 0.25) is 0 Å². The maximum atomic E-state index is 12.6. The molecule has 4 heterocycles. The summed E-state index contributed by atoms with van der Waals surface area (Å²) in [4.78, 5) is 30.8. The maximum Gasteiger partial charge on any atom is 0.350 e. The Balaban J connectivity index is 1.51. The van der Waals surface area contributed by atoms with Crippen molar-refractivity contribution in [1.82, 2.24) is 28.6 Å². The number of carbonyl (C=O) groups is 1. The van der Waals surface area contributed by atoms with Gasteiger partial charge in [-0.05, 0) is 25.0 Å². The number of aromatic nitrogens is 5. The first-order chi connectivity index (χ1) is 11.7. The Hall–Kier alpha value is -2.90. The summed E-state index contributed by atoms with van der Waals surface area (Å²) in [6.07, 6.45) is 9.07. The second kappa shape index (κ2) is 5.95. The molecule has 0 N–H and O–H groups in total. The average molecular weight is 326 g/mol. The van der Waals surface area contributed by atoms with Crippen molar-refractivity contribution in [3.8, 4) is 0 Å². The van der Waals surface area contributed by atoms with Crippen LogP contribution in [-0.2, 0) is 11.3 Å². The first-order valence-corrected chi connectivity index (χ1v) is 8.02. The fourth-order valence-corrected chi connectivity index (χ4v) is 3.21. The Labute approximate surface area is 137 Å². The van der Waals surface area contributed by atoms with Crippen LogP contribution in [0.5, 0.6) is 0 Å². The molecule has 1 amide bonds. The third-order valence-electron chi connectivity index (χ3n) is 4.47. The van der Waals surface area contributed by atoms with Crippen LogP contribution in [0.25, 0.3) is 5.65 Å². The number of piperidine rings is 1. The highest BCUT2D eigenvalue weighted by molar-refractivity contribution is 5.76. The molecule has 1 atom stereocenters. The van der Waals surface area contributed by atoms with E-state index in [1.165, 1.54) is 9.08 Å². The van der Waals surface area contributed by atoms with E-state index in [1.54, 1.807) is 30.9 Å². The molecule has 0 aliphatic carbocycles. The van der Waals surface area contributed by atoms with Gasteiger partial charge < -0.3 is 9.47 Å². The zero-order chi connectivity index (χ0) is 16.5. The van der Waals surface area contributed by atoms with Crippen molar-refractivity contribution < 1.29 is 4.79 Å². The van der Waals surface area contributed by atoms with Gasteiger partial charge >= 0.3 is 5.69 Å². The summed E-state index contributed by atoms with van der Waals surface area (Å²) in [5.41, 5.74) is 0.257. The van der Waals surface area contributed by atoms with Gasteiger partial charge in [-0.15, -0.1) is 5.10 Å². The van der Waals surface area contributed by atoms with Crippen molar-refractivity contribution in [2.24, 2.45) is 0 Å². The van der Waals surface area contributed by atoms with Crippen molar-refractivity contribution in [3.05, 3.63) is 53.6 Å². The van der Waals surface area contributed by atoms with Gasteiger partial charge in [0.05, 0.1) is 12.4 Å². The highest BCUT2D eigenvalue weighted by Crippen LogP contribution is 2.21. The van der Waals surface area contributed by atoms with Gasteiger partial charge in [0.2, 0.25) is 5.91 Å². The zero-order valence-electron chi connectivity index (χ0n) is 13.2. The minimum atomic E-state index is -0.290. The van der Waals surface area contributed by atoms with Gasteiger partial charge in [-0.3, -0.25) is 9.20 Å². The van der Waals surface area contributed by atoms with Crippen LogP contribution >= 0.6 is 0 Å². The number of amides is 1. The number of imidazole rings is 1. The SMILES string of the molecule is O=C(Cn1nc2ccccn2c1=O)N1CCCC(n2ccnc2)C1. The molecule has 4 rings (SSSR count). The predicted molar refractivity (Wildman–Crippen MR) is 86.5 cm³/mol. The largest absolute Gasteiger partial charge is 0.350 e. The van der Waals surface area contributed by atoms with Crippen molar-refractivity contribution >= 4 is 11.6 Å². The second-order valence-corrected chi connectivity index (χ2v) is 6.01. The Morgan fingerprint density at radius 3 is 3.00 bits per heavy atom. The van der Waals surface area contributed by atoms with Crippen LogP contribution in [-0.4, -0.2) is 47.6 Å². The molecule has 0 saturated carbocycles. The predicted octanol–water partition coefficient (Wildman–Crippen LogP) is 0.556. The first-order valence-electron chi connectivity index (χ1n) is 8.02. The number of hydrogen-bond acceptors (Lipinski definition) is 4. The van der Waals surface area contributed by atoms with Gasteiger partial charge in [-0.2, -0.15) is 0 Å². The topological polar surface area (TPSA) is 77.4 Å². The summed E-state index contributed by atoms with van der Waals surface area (Å²) in [6.45, 7) is 1.32. The van der Waals surface area contributed by atoms with Gasteiger partial charge in [0.25, 0.3) is 0 Å². The quantitative estimate of drug-likeness (QED) is 0.704. The summed E-state index contributed by atoms with van der Waals surface area (Å²) >= 11 is 0. The highest BCUT2D eigenvalue weighted by Gasteiger charge is 2.25. The first kappa shape index (κ1) is 14.7. The molecule has 0 spiro atoms. The number of likely N-dealkylation sites (tertiary alicyclic amines) is 1. The third kappa shape index (κ3) is 2.60. The van der Waals surface area contributed by atoms with Gasteiger partial charge in [0, 0.05) is 31.7 Å². The second-order valence-electron chi connectivity index (χ2n) is 6.01. The van der Waals surface area contributed by atoms with E-state index in [0.29, 0.717) is 18.7 Å². The summed E-state index contributed by atoms with van der Waals surface area (Å²) in [6, 6.07) is 5.57. The molecule has 1 fully saturated rings. The lowest BCUT2D eigenvalue weighted by Crippen LogP contribution is -2.43. The summed E-state index contributed by atoms with van der Waals surface area (Å²) in [5.74, 6) is -0.0784. The van der Waals surface area contributed by atoms with Crippen molar-refractivity contribution in [2.45, 2.75) is 25.4 Å². The summed E-state index contributed by atoms with van der Waals surface area (Å²) in [5, 5.41) is 4.22. The van der Waals surface area contributed by atoms with Crippen LogP contribution in [0.1, 0.15) is 18.9 Å². The van der Waals surface area contributed by atoms with E-state index < -0.39 is 0 Å². The molecule has 8 heteroatoms. The van der Waals surface area contributed by atoms with Crippen molar-refractivity contribution in [2.75, 3.05) is 13.1 Å². The molecule has 3 aromatic heterocycles. The molecule has 0 bridgehead atoms.